The lowest BCUT2D eigenvalue weighted by Crippen LogP contribution is -2.57. The molecule has 1 fully saturated rings. The zero-order valence-corrected chi connectivity index (χ0v) is 20.3. The van der Waals surface area contributed by atoms with Gasteiger partial charge in [-0.05, 0) is 19.9 Å². The molecule has 180 valence electrons. The molecule has 0 unspecified atom stereocenters. The van der Waals surface area contributed by atoms with E-state index in [1.54, 1.807) is 18.1 Å². The Labute approximate surface area is 204 Å². The number of hydrogen-bond acceptors (Lipinski definition) is 6. The van der Waals surface area contributed by atoms with Gasteiger partial charge in [0, 0.05) is 61.0 Å². The summed E-state index contributed by atoms with van der Waals surface area (Å²) >= 11 is 0. The fourth-order valence-electron chi connectivity index (χ4n) is 4.53. The first-order valence-corrected chi connectivity index (χ1v) is 11.7. The van der Waals surface area contributed by atoms with E-state index in [1.807, 2.05) is 67.5 Å². The van der Waals surface area contributed by atoms with E-state index in [2.05, 4.69) is 27.5 Å². The van der Waals surface area contributed by atoms with E-state index >= 15 is 0 Å². The third-order valence-corrected chi connectivity index (χ3v) is 6.35. The minimum Gasteiger partial charge on any atom is -0.494 e. The number of rotatable bonds is 4. The van der Waals surface area contributed by atoms with Crippen molar-refractivity contribution in [3.05, 3.63) is 55.0 Å². The van der Waals surface area contributed by atoms with Gasteiger partial charge >= 0.3 is 6.03 Å². The molecule has 2 amide bonds. The minimum atomic E-state index is -0.159. The number of carbonyl (C=O) groups is 1. The highest BCUT2D eigenvalue weighted by molar-refractivity contribution is 6.01. The largest absolute Gasteiger partial charge is 0.494 e. The number of hydrogen-bond donors (Lipinski definition) is 2. The van der Waals surface area contributed by atoms with Crippen LogP contribution in [0.3, 0.4) is 0 Å². The van der Waals surface area contributed by atoms with Gasteiger partial charge in [-0.2, -0.15) is 5.10 Å². The molecule has 2 aromatic heterocycles. The molecule has 5 rings (SSSR count). The zero-order valence-electron chi connectivity index (χ0n) is 20.3. The Hall–Kier alpha value is -3.98. The number of aromatic nitrogens is 4. The van der Waals surface area contributed by atoms with Crippen LogP contribution in [-0.2, 0) is 7.05 Å². The number of amides is 2. The van der Waals surface area contributed by atoms with Crippen LogP contribution in [-0.4, -0.2) is 63.0 Å². The van der Waals surface area contributed by atoms with E-state index in [9.17, 15) is 4.79 Å². The van der Waals surface area contributed by atoms with Crippen molar-refractivity contribution in [3.8, 4) is 28.3 Å². The number of carbonyl (C=O) groups excluding carboxylic acids is 1. The topological polar surface area (TPSA) is 97.2 Å². The number of urea groups is 1. The van der Waals surface area contributed by atoms with Gasteiger partial charge in [-0.1, -0.05) is 30.3 Å². The van der Waals surface area contributed by atoms with Crippen LogP contribution >= 0.6 is 0 Å². The quantitative estimate of drug-likeness (QED) is 0.468. The summed E-state index contributed by atoms with van der Waals surface area (Å²) < 4.78 is 7.39. The second-order valence-electron chi connectivity index (χ2n) is 8.96. The van der Waals surface area contributed by atoms with Crippen molar-refractivity contribution in [2.45, 2.75) is 25.9 Å². The fourth-order valence-corrected chi connectivity index (χ4v) is 4.53. The monoisotopic (exact) mass is 471 g/mol. The van der Waals surface area contributed by atoms with E-state index in [-0.39, 0.29) is 18.1 Å². The minimum absolute atomic E-state index is 0.0837. The van der Waals surface area contributed by atoms with E-state index in [0.29, 0.717) is 18.0 Å². The summed E-state index contributed by atoms with van der Waals surface area (Å²) in [7, 11) is 3.48. The molecule has 0 spiro atoms. The molecule has 0 aliphatic carbocycles. The van der Waals surface area contributed by atoms with Crippen LogP contribution in [0.5, 0.6) is 5.75 Å². The summed E-state index contributed by atoms with van der Waals surface area (Å²) in [4.78, 5) is 24.2. The standard InChI is InChI=1S/C26H29N7O2/c1-16-13-33(17(2)12-27-16)26(34)30-22-10-19-21(11-23(22)35-4)28-15-29-25(19)20-14-32(3)31-24(20)18-8-6-5-7-9-18/h5-11,14-17,27H,12-13H2,1-4H3,(H,30,34)/t16-,17-/m0/s1. The molecule has 2 N–H and O–H groups in total. The normalized spacial score (nSPS) is 18.0. The number of nitrogens with zero attached hydrogens (tertiary/aromatic N) is 5. The highest BCUT2D eigenvalue weighted by Crippen LogP contribution is 2.37. The molecule has 0 bridgehead atoms. The number of benzene rings is 2. The number of nitrogens with one attached hydrogen (secondary N) is 2. The lowest BCUT2D eigenvalue weighted by Gasteiger charge is -2.37. The Balaban J connectivity index is 1.59. The van der Waals surface area contributed by atoms with Gasteiger partial charge in [0.05, 0.1) is 24.0 Å². The lowest BCUT2D eigenvalue weighted by atomic mass is 10.0. The zero-order chi connectivity index (χ0) is 24.5. The average Bonchev–Trinajstić information content (AvgIpc) is 3.26. The van der Waals surface area contributed by atoms with Crippen LogP contribution in [0.15, 0.2) is 55.0 Å². The molecule has 9 heteroatoms. The maximum absolute atomic E-state index is 13.2. The molecule has 1 aliphatic heterocycles. The highest BCUT2D eigenvalue weighted by atomic mass is 16.5. The van der Waals surface area contributed by atoms with Gasteiger partial charge in [-0.25, -0.2) is 14.8 Å². The third kappa shape index (κ3) is 4.42. The molecular weight excluding hydrogens is 442 g/mol. The molecule has 4 aromatic rings. The van der Waals surface area contributed by atoms with Gasteiger partial charge in [0.15, 0.2) is 0 Å². The maximum Gasteiger partial charge on any atom is 0.322 e. The van der Waals surface area contributed by atoms with Crippen molar-refractivity contribution in [2.75, 3.05) is 25.5 Å². The van der Waals surface area contributed by atoms with Crippen LogP contribution in [0.1, 0.15) is 13.8 Å². The second kappa shape index (κ2) is 9.34. The smallest absolute Gasteiger partial charge is 0.322 e. The van der Waals surface area contributed by atoms with Crippen molar-refractivity contribution in [2.24, 2.45) is 7.05 Å². The fraction of sp³-hybridized carbons (Fsp3) is 0.308. The number of piperazine rings is 1. The molecule has 1 aliphatic rings. The highest BCUT2D eigenvalue weighted by Gasteiger charge is 2.27. The first-order valence-electron chi connectivity index (χ1n) is 11.7. The molecule has 35 heavy (non-hydrogen) atoms. The van der Waals surface area contributed by atoms with Crippen LogP contribution in [0.25, 0.3) is 33.4 Å². The molecule has 2 atom stereocenters. The molecule has 0 saturated carbocycles. The first kappa shape index (κ1) is 22.8. The molecule has 2 aromatic carbocycles. The summed E-state index contributed by atoms with van der Waals surface area (Å²) in [5.41, 5.74) is 4.75. The van der Waals surface area contributed by atoms with Crippen molar-refractivity contribution >= 4 is 22.6 Å². The van der Waals surface area contributed by atoms with Gasteiger partial charge in [0.25, 0.3) is 0 Å². The number of aryl methyl sites for hydroxylation is 1. The summed E-state index contributed by atoms with van der Waals surface area (Å²) in [6, 6.07) is 13.9. The van der Waals surface area contributed by atoms with Gasteiger partial charge < -0.3 is 20.3 Å². The lowest BCUT2D eigenvalue weighted by molar-refractivity contribution is 0.161. The van der Waals surface area contributed by atoms with E-state index in [0.717, 1.165) is 40.0 Å². The Kier molecular flexibility index (Phi) is 6.08. The second-order valence-corrected chi connectivity index (χ2v) is 8.96. The number of ether oxygens (including phenoxy) is 1. The summed E-state index contributed by atoms with van der Waals surface area (Å²) in [6.07, 6.45) is 3.50. The van der Waals surface area contributed by atoms with Crippen molar-refractivity contribution in [1.82, 2.24) is 30.0 Å². The van der Waals surface area contributed by atoms with Gasteiger partial charge in [-0.15, -0.1) is 0 Å². The predicted octanol–water partition coefficient (Wildman–Crippen LogP) is 3.92. The third-order valence-electron chi connectivity index (χ3n) is 6.35. The van der Waals surface area contributed by atoms with Crippen LogP contribution < -0.4 is 15.4 Å². The maximum atomic E-state index is 13.2. The predicted molar refractivity (Wildman–Crippen MR) is 136 cm³/mol. The Morgan fingerprint density at radius 1 is 1.14 bits per heavy atom. The van der Waals surface area contributed by atoms with Crippen LogP contribution in [0.2, 0.25) is 0 Å². The van der Waals surface area contributed by atoms with Gasteiger partial charge in [0.2, 0.25) is 0 Å². The van der Waals surface area contributed by atoms with Gasteiger partial charge in [-0.3, -0.25) is 4.68 Å². The molecule has 9 nitrogen and oxygen atoms in total. The van der Waals surface area contributed by atoms with Crippen molar-refractivity contribution in [3.63, 3.8) is 0 Å². The number of methoxy groups -OCH3 is 1. The molecular formula is C26H29N7O2. The number of fused-ring (bicyclic) bond motifs is 1. The Morgan fingerprint density at radius 3 is 2.71 bits per heavy atom. The van der Waals surface area contributed by atoms with Gasteiger partial charge in [0.1, 0.15) is 17.8 Å². The molecule has 0 radical (unpaired) electrons. The SMILES string of the molecule is COc1cc2ncnc(-c3cn(C)nc3-c3ccccc3)c2cc1NC(=O)N1C[C@H](C)NC[C@@H]1C. The average molecular weight is 472 g/mol. The summed E-state index contributed by atoms with van der Waals surface area (Å²) in [5.74, 6) is 0.542. The van der Waals surface area contributed by atoms with E-state index in [4.69, 9.17) is 9.84 Å². The summed E-state index contributed by atoms with van der Waals surface area (Å²) in [6.45, 7) is 5.50. The van der Waals surface area contributed by atoms with Crippen LogP contribution in [0, 0.1) is 0 Å². The first-order chi connectivity index (χ1) is 16.9. The van der Waals surface area contributed by atoms with E-state index in [1.165, 1.54) is 0 Å². The van der Waals surface area contributed by atoms with Crippen LogP contribution in [0.4, 0.5) is 10.5 Å². The number of anilines is 1. The Morgan fingerprint density at radius 2 is 1.94 bits per heavy atom. The van der Waals surface area contributed by atoms with E-state index < -0.39 is 0 Å². The Bertz CT molecular complexity index is 1370. The van der Waals surface area contributed by atoms with Crippen molar-refractivity contribution in [1.29, 1.82) is 0 Å². The summed E-state index contributed by atoms with van der Waals surface area (Å²) in [5, 5.41) is 12.0. The molecule has 1 saturated heterocycles. The van der Waals surface area contributed by atoms with Crippen molar-refractivity contribution < 1.29 is 9.53 Å². The molecule has 3 heterocycles.